The van der Waals surface area contributed by atoms with Gasteiger partial charge in [0.1, 0.15) is 18.1 Å². The number of aromatic nitrogens is 3. The van der Waals surface area contributed by atoms with E-state index in [1.807, 2.05) is 18.2 Å². The van der Waals surface area contributed by atoms with Crippen LogP contribution < -0.4 is 4.74 Å². The summed E-state index contributed by atoms with van der Waals surface area (Å²) in [6, 6.07) is 10.1. The Balaban J connectivity index is 1.38. The molecule has 6 heteroatoms. The van der Waals surface area contributed by atoms with Gasteiger partial charge in [0.05, 0.1) is 30.4 Å². The normalized spacial score (nSPS) is 15.6. The molecule has 1 aromatic carbocycles. The van der Waals surface area contributed by atoms with Crippen LogP contribution in [0.2, 0.25) is 0 Å². The number of nitrogens with one attached hydrogen (secondary N) is 1. The SMILES string of the molecule is Cc1ccc2nc(-c3ccc(OCCN4CCOCC4)cn3)[nH]c2c1. The zero-order chi connectivity index (χ0) is 17.1. The van der Waals surface area contributed by atoms with Gasteiger partial charge in [0.25, 0.3) is 0 Å². The van der Waals surface area contributed by atoms with Gasteiger partial charge in [-0.2, -0.15) is 0 Å². The number of fused-ring (bicyclic) bond motifs is 1. The summed E-state index contributed by atoms with van der Waals surface area (Å²) in [5.41, 5.74) is 4.00. The second-order valence-electron chi connectivity index (χ2n) is 6.29. The number of pyridine rings is 1. The number of nitrogens with zero attached hydrogens (tertiary/aromatic N) is 3. The molecule has 6 nitrogen and oxygen atoms in total. The van der Waals surface area contributed by atoms with Crippen molar-refractivity contribution in [2.45, 2.75) is 6.92 Å². The minimum atomic E-state index is 0.658. The zero-order valence-corrected chi connectivity index (χ0v) is 14.4. The van der Waals surface area contributed by atoms with Crippen LogP contribution in [0.3, 0.4) is 0 Å². The quantitative estimate of drug-likeness (QED) is 0.775. The number of aromatic amines is 1. The predicted molar refractivity (Wildman–Crippen MR) is 96.8 cm³/mol. The standard InChI is InChI=1S/C19H22N4O2/c1-14-2-4-16-18(12-14)22-19(21-16)17-5-3-15(13-20-17)25-11-8-23-6-9-24-10-7-23/h2-5,12-13H,6-11H2,1H3,(H,21,22). The van der Waals surface area contributed by atoms with Crippen molar-refractivity contribution in [1.29, 1.82) is 0 Å². The van der Waals surface area contributed by atoms with Crippen LogP contribution in [-0.2, 0) is 4.74 Å². The Hall–Kier alpha value is -2.44. The molecule has 0 atom stereocenters. The number of benzene rings is 1. The maximum atomic E-state index is 5.80. The lowest BCUT2D eigenvalue weighted by Crippen LogP contribution is -2.38. The number of imidazole rings is 1. The van der Waals surface area contributed by atoms with Crippen LogP contribution in [0.25, 0.3) is 22.6 Å². The highest BCUT2D eigenvalue weighted by molar-refractivity contribution is 5.79. The third-order valence-electron chi connectivity index (χ3n) is 4.40. The molecule has 0 saturated carbocycles. The van der Waals surface area contributed by atoms with Crippen LogP contribution in [0.5, 0.6) is 5.75 Å². The molecule has 1 N–H and O–H groups in total. The number of morpholine rings is 1. The Morgan fingerprint density at radius 2 is 2.08 bits per heavy atom. The van der Waals surface area contributed by atoms with E-state index < -0.39 is 0 Å². The molecule has 3 aromatic rings. The first-order valence-corrected chi connectivity index (χ1v) is 8.64. The molecule has 130 valence electrons. The van der Waals surface area contributed by atoms with Crippen molar-refractivity contribution in [3.05, 3.63) is 42.1 Å². The second-order valence-corrected chi connectivity index (χ2v) is 6.29. The highest BCUT2D eigenvalue weighted by Gasteiger charge is 2.10. The lowest BCUT2D eigenvalue weighted by Gasteiger charge is -2.26. The number of ether oxygens (including phenoxy) is 2. The molecule has 3 heterocycles. The van der Waals surface area contributed by atoms with E-state index in [0.717, 1.165) is 61.1 Å². The Kier molecular flexibility index (Phi) is 4.63. The Morgan fingerprint density at radius 1 is 1.20 bits per heavy atom. The lowest BCUT2D eigenvalue weighted by molar-refractivity contribution is 0.0322. The van der Waals surface area contributed by atoms with Crippen LogP contribution >= 0.6 is 0 Å². The van der Waals surface area contributed by atoms with E-state index in [0.29, 0.717) is 6.61 Å². The van der Waals surface area contributed by atoms with Crippen molar-refractivity contribution in [3.8, 4) is 17.3 Å². The van der Waals surface area contributed by atoms with E-state index >= 15 is 0 Å². The van der Waals surface area contributed by atoms with Crippen LogP contribution in [-0.4, -0.2) is 59.3 Å². The van der Waals surface area contributed by atoms with Gasteiger partial charge in [-0.15, -0.1) is 0 Å². The maximum Gasteiger partial charge on any atom is 0.157 e. The van der Waals surface area contributed by atoms with Crippen molar-refractivity contribution in [1.82, 2.24) is 19.9 Å². The molecule has 0 radical (unpaired) electrons. The van der Waals surface area contributed by atoms with Crippen molar-refractivity contribution in [2.75, 3.05) is 39.5 Å². The smallest absolute Gasteiger partial charge is 0.157 e. The molecule has 4 rings (SSSR count). The average Bonchev–Trinajstić information content (AvgIpc) is 3.06. The molecule has 1 aliphatic rings. The molecule has 0 spiro atoms. The summed E-state index contributed by atoms with van der Waals surface area (Å²) in [4.78, 5) is 14.8. The van der Waals surface area contributed by atoms with Crippen LogP contribution in [0.15, 0.2) is 36.5 Å². The van der Waals surface area contributed by atoms with Gasteiger partial charge in [-0.1, -0.05) is 6.07 Å². The van der Waals surface area contributed by atoms with E-state index in [9.17, 15) is 0 Å². The molecule has 1 saturated heterocycles. The van der Waals surface area contributed by atoms with Crippen LogP contribution in [0.4, 0.5) is 0 Å². The summed E-state index contributed by atoms with van der Waals surface area (Å²) in [6.07, 6.45) is 1.76. The van der Waals surface area contributed by atoms with Gasteiger partial charge in [-0.3, -0.25) is 4.90 Å². The van der Waals surface area contributed by atoms with Crippen LogP contribution in [0.1, 0.15) is 5.56 Å². The molecular formula is C19H22N4O2. The van der Waals surface area contributed by atoms with Crippen molar-refractivity contribution in [2.24, 2.45) is 0 Å². The average molecular weight is 338 g/mol. The lowest BCUT2D eigenvalue weighted by atomic mass is 10.2. The first kappa shape index (κ1) is 16.1. The molecule has 1 fully saturated rings. The van der Waals surface area contributed by atoms with Crippen LogP contribution in [0, 0.1) is 6.92 Å². The zero-order valence-electron chi connectivity index (χ0n) is 14.4. The monoisotopic (exact) mass is 338 g/mol. The predicted octanol–water partition coefficient (Wildman–Crippen LogP) is 2.64. The summed E-state index contributed by atoms with van der Waals surface area (Å²) in [6.45, 7) is 7.22. The summed E-state index contributed by atoms with van der Waals surface area (Å²) in [5.74, 6) is 1.56. The molecule has 25 heavy (non-hydrogen) atoms. The second kappa shape index (κ2) is 7.21. The molecule has 0 unspecified atom stereocenters. The summed E-state index contributed by atoms with van der Waals surface area (Å²) in [7, 11) is 0. The van der Waals surface area contributed by atoms with Gasteiger partial charge < -0.3 is 14.5 Å². The molecule has 0 bridgehead atoms. The Morgan fingerprint density at radius 3 is 2.88 bits per heavy atom. The summed E-state index contributed by atoms with van der Waals surface area (Å²) < 4.78 is 11.1. The fourth-order valence-electron chi connectivity index (χ4n) is 2.97. The third kappa shape index (κ3) is 3.81. The van der Waals surface area contributed by atoms with Gasteiger partial charge in [-0.05, 0) is 36.8 Å². The fraction of sp³-hybridized carbons (Fsp3) is 0.368. The number of hydrogen-bond acceptors (Lipinski definition) is 5. The van der Waals surface area contributed by atoms with E-state index in [1.54, 1.807) is 6.20 Å². The van der Waals surface area contributed by atoms with E-state index in [-0.39, 0.29) is 0 Å². The minimum absolute atomic E-state index is 0.658. The Labute approximate surface area is 146 Å². The summed E-state index contributed by atoms with van der Waals surface area (Å²) in [5, 5.41) is 0. The number of aryl methyl sites for hydroxylation is 1. The van der Waals surface area contributed by atoms with Gasteiger partial charge >= 0.3 is 0 Å². The highest BCUT2D eigenvalue weighted by Crippen LogP contribution is 2.21. The van der Waals surface area contributed by atoms with Crippen molar-refractivity contribution in [3.63, 3.8) is 0 Å². The largest absolute Gasteiger partial charge is 0.491 e. The van der Waals surface area contributed by atoms with Gasteiger partial charge in [-0.25, -0.2) is 9.97 Å². The fourth-order valence-corrected chi connectivity index (χ4v) is 2.97. The number of hydrogen-bond donors (Lipinski definition) is 1. The number of rotatable bonds is 5. The topological polar surface area (TPSA) is 63.3 Å². The highest BCUT2D eigenvalue weighted by atomic mass is 16.5. The Bertz CT molecular complexity index is 838. The van der Waals surface area contributed by atoms with E-state index in [4.69, 9.17) is 9.47 Å². The molecule has 0 aliphatic carbocycles. The van der Waals surface area contributed by atoms with E-state index in [2.05, 4.69) is 38.9 Å². The summed E-state index contributed by atoms with van der Waals surface area (Å²) >= 11 is 0. The third-order valence-corrected chi connectivity index (χ3v) is 4.40. The maximum absolute atomic E-state index is 5.80. The molecule has 2 aromatic heterocycles. The van der Waals surface area contributed by atoms with Gasteiger partial charge in [0.2, 0.25) is 0 Å². The van der Waals surface area contributed by atoms with Gasteiger partial charge in [0.15, 0.2) is 5.82 Å². The molecular weight excluding hydrogens is 316 g/mol. The minimum Gasteiger partial charge on any atom is -0.491 e. The first-order chi connectivity index (χ1) is 12.3. The molecule has 0 amide bonds. The van der Waals surface area contributed by atoms with E-state index in [1.165, 1.54) is 5.56 Å². The molecule has 1 aliphatic heterocycles. The first-order valence-electron chi connectivity index (χ1n) is 8.64. The van der Waals surface area contributed by atoms with Gasteiger partial charge in [0, 0.05) is 19.6 Å². The number of H-pyrrole nitrogens is 1. The van der Waals surface area contributed by atoms with Crippen molar-refractivity contribution < 1.29 is 9.47 Å². The van der Waals surface area contributed by atoms with Crippen molar-refractivity contribution >= 4 is 11.0 Å².